The highest BCUT2D eigenvalue weighted by molar-refractivity contribution is 6.06. The van der Waals surface area contributed by atoms with E-state index in [0.29, 0.717) is 34.9 Å². The number of amides is 2. The van der Waals surface area contributed by atoms with Crippen LogP contribution in [0, 0.1) is 0 Å². The van der Waals surface area contributed by atoms with Gasteiger partial charge in [0.15, 0.2) is 0 Å². The molecule has 0 saturated carbocycles. The quantitative estimate of drug-likeness (QED) is 0.439. The van der Waals surface area contributed by atoms with Crippen molar-refractivity contribution in [3.05, 3.63) is 89.5 Å². The molecule has 2 amide bonds. The van der Waals surface area contributed by atoms with Crippen LogP contribution in [0.4, 0.5) is 11.4 Å². The third kappa shape index (κ3) is 6.70. The van der Waals surface area contributed by atoms with Gasteiger partial charge < -0.3 is 20.1 Å². The third-order valence-corrected chi connectivity index (χ3v) is 5.97. The molecule has 0 bridgehead atoms. The van der Waals surface area contributed by atoms with Crippen LogP contribution in [0.5, 0.6) is 5.75 Å². The molecule has 3 aromatic rings. The Bertz CT molecular complexity index is 1160. The van der Waals surface area contributed by atoms with Crippen molar-refractivity contribution in [1.82, 2.24) is 0 Å². The highest BCUT2D eigenvalue weighted by Gasteiger charge is 2.17. The fourth-order valence-corrected chi connectivity index (χ4v) is 3.87. The summed E-state index contributed by atoms with van der Waals surface area (Å²) in [5, 5.41) is 5.78. The fraction of sp³-hybridized carbons (Fsp3) is 0.310. The molecular formula is C29H32N2O4. The summed E-state index contributed by atoms with van der Waals surface area (Å²) in [5.74, 6) is 0.266. The van der Waals surface area contributed by atoms with Crippen LogP contribution in [-0.4, -0.2) is 31.1 Å². The Morgan fingerprint density at radius 3 is 1.97 bits per heavy atom. The molecule has 2 N–H and O–H groups in total. The lowest BCUT2D eigenvalue weighted by Gasteiger charge is -2.19. The lowest BCUT2D eigenvalue weighted by molar-refractivity contribution is 0.0679. The standard InChI is InChI=1S/C29H32N2O4/c1-29(2,3)22-13-9-20(10-14-22)27(32)30-23-6-4-7-24(18-23)31-28(33)21-11-15-25(16-12-21)35-19-26-8-5-17-34-26/h4,6-7,9-16,18,26H,5,8,17,19H2,1-3H3,(H,30,32)(H,31,33). The molecular weight excluding hydrogens is 440 g/mol. The maximum atomic E-state index is 12.7. The van der Waals surface area contributed by atoms with Crippen LogP contribution in [0.3, 0.4) is 0 Å². The first-order valence-electron chi connectivity index (χ1n) is 12.0. The zero-order chi connectivity index (χ0) is 24.8. The number of carbonyl (C=O) groups excluding carboxylic acids is 2. The van der Waals surface area contributed by atoms with E-state index in [-0.39, 0.29) is 23.3 Å². The summed E-state index contributed by atoms with van der Waals surface area (Å²) < 4.78 is 11.3. The summed E-state index contributed by atoms with van der Waals surface area (Å²) in [5.41, 5.74) is 3.48. The molecule has 0 radical (unpaired) electrons. The van der Waals surface area contributed by atoms with Crippen molar-refractivity contribution in [2.24, 2.45) is 0 Å². The van der Waals surface area contributed by atoms with Gasteiger partial charge in [0.05, 0.1) is 6.10 Å². The van der Waals surface area contributed by atoms with Crippen molar-refractivity contribution in [2.75, 3.05) is 23.8 Å². The summed E-state index contributed by atoms with van der Waals surface area (Å²) in [6.07, 6.45) is 2.24. The van der Waals surface area contributed by atoms with E-state index in [2.05, 4.69) is 31.4 Å². The van der Waals surface area contributed by atoms with Crippen LogP contribution in [0.2, 0.25) is 0 Å². The molecule has 182 valence electrons. The maximum Gasteiger partial charge on any atom is 0.255 e. The Balaban J connectivity index is 1.33. The van der Waals surface area contributed by atoms with E-state index in [1.807, 2.05) is 24.3 Å². The van der Waals surface area contributed by atoms with Crippen molar-refractivity contribution >= 4 is 23.2 Å². The molecule has 6 nitrogen and oxygen atoms in total. The Kier molecular flexibility index (Phi) is 7.51. The predicted molar refractivity (Wildman–Crippen MR) is 138 cm³/mol. The fourth-order valence-electron chi connectivity index (χ4n) is 3.87. The van der Waals surface area contributed by atoms with Crippen molar-refractivity contribution in [2.45, 2.75) is 45.1 Å². The van der Waals surface area contributed by atoms with Gasteiger partial charge in [0, 0.05) is 29.1 Å². The highest BCUT2D eigenvalue weighted by Crippen LogP contribution is 2.23. The van der Waals surface area contributed by atoms with Gasteiger partial charge in [0.25, 0.3) is 11.8 Å². The van der Waals surface area contributed by atoms with Crippen LogP contribution >= 0.6 is 0 Å². The summed E-state index contributed by atoms with van der Waals surface area (Å²) in [6, 6.07) is 21.7. The first-order chi connectivity index (χ1) is 16.8. The molecule has 1 aliphatic rings. The summed E-state index contributed by atoms with van der Waals surface area (Å²) >= 11 is 0. The Morgan fingerprint density at radius 1 is 0.886 bits per heavy atom. The molecule has 4 rings (SSSR count). The summed E-state index contributed by atoms with van der Waals surface area (Å²) in [4.78, 5) is 25.4. The van der Waals surface area contributed by atoms with Crippen LogP contribution in [0.15, 0.2) is 72.8 Å². The molecule has 1 fully saturated rings. The van der Waals surface area contributed by atoms with Crippen LogP contribution in [0.25, 0.3) is 0 Å². The van der Waals surface area contributed by atoms with Gasteiger partial charge in [-0.3, -0.25) is 9.59 Å². The number of hydrogen-bond acceptors (Lipinski definition) is 4. The minimum Gasteiger partial charge on any atom is -0.491 e. The normalized spacial score (nSPS) is 15.5. The van der Waals surface area contributed by atoms with Crippen LogP contribution < -0.4 is 15.4 Å². The molecule has 1 unspecified atom stereocenters. The first-order valence-corrected chi connectivity index (χ1v) is 12.0. The third-order valence-electron chi connectivity index (χ3n) is 5.97. The topological polar surface area (TPSA) is 76.7 Å². The van der Waals surface area contributed by atoms with E-state index in [4.69, 9.17) is 9.47 Å². The molecule has 35 heavy (non-hydrogen) atoms. The molecule has 3 aromatic carbocycles. The lowest BCUT2D eigenvalue weighted by Crippen LogP contribution is -2.16. The number of rotatable bonds is 7. The molecule has 0 spiro atoms. The average Bonchev–Trinajstić information content (AvgIpc) is 3.36. The number of ether oxygens (including phenoxy) is 2. The van der Waals surface area contributed by atoms with Crippen LogP contribution in [-0.2, 0) is 10.2 Å². The second kappa shape index (κ2) is 10.7. The van der Waals surface area contributed by atoms with E-state index < -0.39 is 0 Å². The molecule has 0 aromatic heterocycles. The van der Waals surface area contributed by atoms with Gasteiger partial charge in [-0.25, -0.2) is 0 Å². The molecule has 0 aliphatic carbocycles. The van der Waals surface area contributed by atoms with Crippen molar-refractivity contribution in [3.63, 3.8) is 0 Å². The van der Waals surface area contributed by atoms with E-state index in [9.17, 15) is 9.59 Å². The van der Waals surface area contributed by atoms with Gasteiger partial charge in [0.1, 0.15) is 12.4 Å². The van der Waals surface area contributed by atoms with Gasteiger partial charge in [0.2, 0.25) is 0 Å². The minimum absolute atomic E-state index is 0.0271. The Morgan fingerprint density at radius 2 is 1.46 bits per heavy atom. The summed E-state index contributed by atoms with van der Waals surface area (Å²) in [6.45, 7) is 7.72. The second-order valence-corrected chi connectivity index (χ2v) is 9.79. The van der Waals surface area contributed by atoms with Crippen molar-refractivity contribution < 1.29 is 19.1 Å². The molecule has 1 atom stereocenters. The number of benzene rings is 3. The lowest BCUT2D eigenvalue weighted by atomic mass is 9.87. The van der Waals surface area contributed by atoms with E-state index in [1.165, 1.54) is 5.56 Å². The Hall–Kier alpha value is -3.64. The van der Waals surface area contributed by atoms with Crippen LogP contribution in [0.1, 0.15) is 59.9 Å². The predicted octanol–water partition coefficient (Wildman–Crippen LogP) is 6.05. The number of carbonyl (C=O) groups is 2. The van der Waals surface area contributed by atoms with Gasteiger partial charge in [-0.05, 0) is 78.4 Å². The zero-order valence-electron chi connectivity index (χ0n) is 20.5. The maximum absolute atomic E-state index is 12.7. The summed E-state index contributed by atoms with van der Waals surface area (Å²) in [7, 11) is 0. The van der Waals surface area contributed by atoms with Gasteiger partial charge in [-0.15, -0.1) is 0 Å². The zero-order valence-corrected chi connectivity index (χ0v) is 20.5. The molecule has 1 heterocycles. The number of hydrogen-bond donors (Lipinski definition) is 2. The first kappa shape index (κ1) is 24.5. The second-order valence-electron chi connectivity index (χ2n) is 9.79. The minimum atomic E-state index is -0.239. The SMILES string of the molecule is CC(C)(C)c1ccc(C(=O)Nc2cccc(NC(=O)c3ccc(OCC4CCCO4)cc3)c2)cc1. The van der Waals surface area contributed by atoms with Crippen molar-refractivity contribution in [3.8, 4) is 5.75 Å². The van der Waals surface area contributed by atoms with Crippen molar-refractivity contribution in [1.29, 1.82) is 0 Å². The largest absolute Gasteiger partial charge is 0.491 e. The van der Waals surface area contributed by atoms with E-state index in [0.717, 1.165) is 19.4 Å². The van der Waals surface area contributed by atoms with E-state index in [1.54, 1.807) is 48.5 Å². The molecule has 6 heteroatoms. The van der Waals surface area contributed by atoms with Gasteiger partial charge in [-0.1, -0.05) is 39.0 Å². The molecule has 1 aliphatic heterocycles. The molecule has 1 saturated heterocycles. The monoisotopic (exact) mass is 472 g/mol. The number of anilines is 2. The van der Waals surface area contributed by atoms with E-state index >= 15 is 0 Å². The van der Waals surface area contributed by atoms with Gasteiger partial charge >= 0.3 is 0 Å². The number of nitrogens with one attached hydrogen (secondary N) is 2. The Labute approximate surface area is 206 Å². The average molecular weight is 473 g/mol. The highest BCUT2D eigenvalue weighted by atomic mass is 16.5. The smallest absolute Gasteiger partial charge is 0.255 e. The van der Waals surface area contributed by atoms with Gasteiger partial charge in [-0.2, -0.15) is 0 Å².